The SMILES string of the molecule is Cc1cccc(C(=N)N)c1N(C)CCO. The molecule has 4 N–H and O–H groups in total. The Labute approximate surface area is 89.8 Å². The highest BCUT2D eigenvalue weighted by atomic mass is 16.3. The van der Waals surface area contributed by atoms with Crippen molar-refractivity contribution in [2.75, 3.05) is 25.1 Å². The van der Waals surface area contributed by atoms with Crippen LogP contribution in [-0.4, -0.2) is 31.1 Å². The summed E-state index contributed by atoms with van der Waals surface area (Å²) < 4.78 is 0. The van der Waals surface area contributed by atoms with Crippen LogP contribution >= 0.6 is 0 Å². The fourth-order valence-electron chi connectivity index (χ4n) is 1.64. The molecule has 82 valence electrons. The minimum absolute atomic E-state index is 0.0542. The maximum absolute atomic E-state index is 8.89. The molecule has 0 unspecified atom stereocenters. The van der Waals surface area contributed by atoms with E-state index in [-0.39, 0.29) is 12.4 Å². The minimum atomic E-state index is 0.0542. The Morgan fingerprint density at radius 2 is 2.20 bits per heavy atom. The van der Waals surface area contributed by atoms with Gasteiger partial charge in [-0.2, -0.15) is 0 Å². The molecule has 1 rings (SSSR count). The molecular formula is C11H17N3O. The van der Waals surface area contributed by atoms with E-state index in [2.05, 4.69) is 0 Å². The lowest BCUT2D eigenvalue weighted by Crippen LogP contribution is -2.26. The van der Waals surface area contributed by atoms with Crippen LogP contribution in [0.15, 0.2) is 18.2 Å². The molecular weight excluding hydrogens is 190 g/mol. The minimum Gasteiger partial charge on any atom is -0.395 e. The van der Waals surface area contributed by atoms with E-state index < -0.39 is 0 Å². The fraction of sp³-hybridized carbons (Fsp3) is 0.364. The quantitative estimate of drug-likeness (QED) is 0.503. The first kappa shape index (κ1) is 11.5. The van der Waals surface area contributed by atoms with Gasteiger partial charge in [0.05, 0.1) is 12.3 Å². The van der Waals surface area contributed by atoms with Gasteiger partial charge in [-0.05, 0) is 18.6 Å². The fourth-order valence-corrected chi connectivity index (χ4v) is 1.64. The number of anilines is 1. The molecule has 4 heteroatoms. The summed E-state index contributed by atoms with van der Waals surface area (Å²) in [7, 11) is 1.88. The van der Waals surface area contributed by atoms with E-state index in [0.717, 1.165) is 11.3 Å². The molecule has 0 atom stereocenters. The van der Waals surface area contributed by atoms with Gasteiger partial charge in [0.1, 0.15) is 5.84 Å². The number of aryl methyl sites for hydroxylation is 1. The number of nitrogens with two attached hydrogens (primary N) is 1. The number of nitrogens with zero attached hydrogens (tertiary/aromatic N) is 1. The highest BCUT2D eigenvalue weighted by molar-refractivity contribution is 6.01. The van der Waals surface area contributed by atoms with Crippen molar-refractivity contribution in [2.45, 2.75) is 6.92 Å². The summed E-state index contributed by atoms with van der Waals surface area (Å²) >= 11 is 0. The van der Waals surface area contributed by atoms with E-state index in [9.17, 15) is 0 Å². The van der Waals surface area contributed by atoms with Crippen molar-refractivity contribution in [2.24, 2.45) is 5.73 Å². The summed E-state index contributed by atoms with van der Waals surface area (Å²) in [6, 6.07) is 5.66. The lowest BCUT2D eigenvalue weighted by atomic mass is 10.1. The normalized spacial score (nSPS) is 10.1. The number of rotatable bonds is 4. The first-order valence-electron chi connectivity index (χ1n) is 4.84. The summed E-state index contributed by atoms with van der Waals surface area (Å²) in [5, 5.41) is 16.4. The number of nitrogens with one attached hydrogen (secondary N) is 1. The molecule has 0 heterocycles. The number of amidine groups is 1. The van der Waals surface area contributed by atoms with Crippen LogP contribution < -0.4 is 10.6 Å². The zero-order valence-corrected chi connectivity index (χ0v) is 9.12. The molecule has 1 aromatic rings. The molecule has 0 amide bonds. The number of aliphatic hydroxyl groups is 1. The number of benzene rings is 1. The molecule has 0 aliphatic carbocycles. The lowest BCUT2D eigenvalue weighted by molar-refractivity contribution is 0.304. The van der Waals surface area contributed by atoms with Crippen LogP contribution in [0.5, 0.6) is 0 Å². The molecule has 0 aromatic heterocycles. The standard InChI is InChI=1S/C11H17N3O/c1-8-4-3-5-9(11(12)13)10(8)14(2)6-7-15/h3-5,15H,6-7H2,1-2H3,(H3,12,13). The third kappa shape index (κ3) is 2.47. The highest BCUT2D eigenvalue weighted by Crippen LogP contribution is 2.23. The molecule has 0 fully saturated rings. The molecule has 0 radical (unpaired) electrons. The van der Waals surface area contributed by atoms with Crippen LogP contribution in [0.1, 0.15) is 11.1 Å². The summed E-state index contributed by atoms with van der Waals surface area (Å²) in [4.78, 5) is 1.91. The van der Waals surface area contributed by atoms with E-state index in [1.54, 1.807) is 0 Å². The van der Waals surface area contributed by atoms with E-state index in [1.807, 2.05) is 37.1 Å². The molecule has 1 aromatic carbocycles. The second-order valence-corrected chi connectivity index (χ2v) is 3.53. The van der Waals surface area contributed by atoms with Gasteiger partial charge in [-0.3, -0.25) is 5.41 Å². The summed E-state index contributed by atoms with van der Waals surface area (Å²) in [6.07, 6.45) is 0. The van der Waals surface area contributed by atoms with Gasteiger partial charge in [-0.1, -0.05) is 12.1 Å². The Hall–Kier alpha value is -1.55. The van der Waals surface area contributed by atoms with Crippen molar-refractivity contribution in [3.8, 4) is 0 Å². The molecule has 4 nitrogen and oxygen atoms in total. The Bertz CT molecular complexity index is 363. The molecule has 0 saturated heterocycles. The number of para-hydroxylation sites is 1. The van der Waals surface area contributed by atoms with Crippen LogP contribution in [0.2, 0.25) is 0 Å². The van der Waals surface area contributed by atoms with Crippen molar-refractivity contribution >= 4 is 11.5 Å². The van der Waals surface area contributed by atoms with Crippen LogP contribution in [0.4, 0.5) is 5.69 Å². The van der Waals surface area contributed by atoms with Gasteiger partial charge in [-0.25, -0.2) is 0 Å². The van der Waals surface area contributed by atoms with Gasteiger partial charge < -0.3 is 15.7 Å². The first-order valence-corrected chi connectivity index (χ1v) is 4.84. The molecule has 0 saturated carbocycles. The number of hydrogen-bond donors (Lipinski definition) is 3. The number of aliphatic hydroxyl groups excluding tert-OH is 1. The average Bonchev–Trinajstić information content (AvgIpc) is 2.17. The lowest BCUT2D eigenvalue weighted by Gasteiger charge is -2.23. The Morgan fingerprint density at radius 1 is 1.53 bits per heavy atom. The molecule has 0 spiro atoms. The first-order chi connectivity index (χ1) is 7.07. The average molecular weight is 207 g/mol. The van der Waals surface area contributed by atoms with E-state index >= 15 is 0 Å². The van der Waals surface area contributed by atoms with E-state index in [0.29, 0.717) is 12.1 Å². The van der Waals surface area contributed by atoms with Gasteiger partial charge in [0, 0.05) is 19.2 Å². The van der Waals surface area contributed by atoms with Crippen molar-refractivity contribution in [1.82, 2.24) is 0 Å². The topological polar surface area (TPSA) is 73.3 Å². The Morgan fingerprint density at radius 3 is 2.73 bits per heavy atom. The van der Waals surface area contributed by atoms with Crippen molar-refractivity contribution in [3.63, 3.8) is 0 Å². The summed E-state index contributed by atoms with van der Waals surface area (Å²) in [6.45, 7) is 2.59. The summed E-state index contributed by atoms with van der Waals surface area (Å²) in [5.74, 6) is 0.0542. The van der Waals surface area contributed by atoms with E-state index in [4.69, 9.17) is 16.2 Å². The Kier molecular flexibility index (Phi) is 3.68. The maximum Gasteiger partial charge on any atom is 0.124 e. The van der Waals surface area contributed by atoms with Crippen LogP contribution in [0, 0.1) is 12.3 Å². The van der Waals surface area contributed by atoms with Crippen molar-refractivity contribution < 1.29 is 5.11 Å². The monoisotopic (exact) mass is 207 g/mol. The molecule has 15 heavy (non-hydrogen) atoms. The predicted octanol–water partition coefficient (Wildman–Crippen LogP) is 0.708. The Balaban J connectivity index is 3.18. The smallest absolute Gasteiger partial charge is 0.124 e. The predicted molar refractivity (Wildman–Crippen MR) is 62.6 cm³/mol. The number of nitrogen functional groups attached to an aromatic ring is 1. The summed E-state index contributed by atoms with van der Waals surface area (Å²) in [5.41, 5.74) is 8.20. The third-order valence-electron chi connectivity index (χ3n) is 2.35. The zero-order chi connectivity index (χ0) is 11.4. The van der Waals surface area contributed by atoms with E-state index in [1.165, 1.54) is 0 Å². The van der Waals surface area contributed by atoms with Crippen molar-refractivity contribution in [1.29, 1.82) is 5.41 Å². The maximum atomic E-state index is 8.89. The van der Waals surface area contributed by atoms with Gasteiger partial charge in [0.25, 0.3) is 0 Å². The molecule has 0 aliphatic heterocycles. The third-order valence-corrected chi connectivity index (χ3v) is 2.35. The van der Waals surface area contributed by atoms with Gasteiger partial charge in [-0.15, -0.1) is 0 Å². The second-order valence-electron chi connectivity index (χ2n) is 3.53. The highest BCUT2D eigenvalue weighted by Gasteiger charge is 2.11. The van der Waals surface area contributed by atoms with Crippen LogP contribution in [-0.2, 0) is 0 Å². The number of likely N-dealkylation sites (N-methyl/N-ethyl adjacent to an activating group) is 1. The van der Waals surface area contributed by atoms with Crippen LogP contribution in [0.3, 0.4) is 0 Å². The van der Waals surface area contributed by atoms with Crippen molar-refractivity contribution in [3.05, 3.63) is 29.3 Å². The largest absolute Gasteiger partial charge is 0.395 e. The number of hydrogen-bond acceptors (Lipinski definition) is 3. The van der Waals surface area contributed by atoms with Gasteiger partial charge in [0.2, 0.25) is 0 Å². The second kappa shape index (κ2) is 4.79. The van der Waals surface area contributed by atoms with Gasteiger partial charge in [0.15, 0.2) is 0 Å². The molecule has 0 bridgehead atoms. The zero-order valence-electron chi connectivity index (χ0n) is 9.12. The van der Waals surface area contributed by atoms with Crippen LogP contribution in [0.25, 0.3) is 0 Å². The molecule has 0 aliphatic rings. The van der Waals surface area contributed by atoms with Gasteiger partial charge >= 0.3 is 0 Å².